The van der Waals surface area contributed by atoms with Gasteiger partial charge in [-0.25, -0.2) is 9.97 Å². The topological polar surface area (TPSA) is 62.6 Å². The van der Waals surface area contributed by atoms with E-state index in [2.05, 4.69) is 26.0 Å². The third-order valence-electron chi connectivity index (χ3n) is 5.22. The lowest BCUT2D eigenvalue weighted by molar-refractivity contribution is 0.680. The minimum atomic E-state index is 0.214. The van der Waals surface area contributed by atoms with Crippen LogP contribution < -0.4 is 4.90 Å². The van der Waals surface area contributed by atoms with Crippen LogP contribution in [0.4, 0.5) is 5.69 Å². The average Bonchev–Trinajstić information content (AvgIpc) is 3.32. The van der Waals surface area contributed by atoms with Crippen LogP contribution in [0, 0.1) is 6.92 Å². The SMILES string of the molecule is Cc1nn(C)c2nccc(N3CCCC3c3nc4ccc(Cl)cc4[nH]3)c12. The molecule has 1 fully saturated rings. The summed E-state index contributed by atoms with van der Waals surface area (Å²) in [4.78, 5) is 15.2. The lowest BCUT2D eigenvalue weighted by Crippen LogP contribution is -2.23. The number of aromatic amines is 1. The fourth-order valence-corrected chi connectivity index (χ4v) is 4.27. The lowest BCUT2D eigenvalue weighted by Gasteiger charge is -2.26. The van der Waals surface area contributed by atoms with Crippen LogP contribution >= 0.6 is 11.6 Å². The Morgan fingerprint density at radius 2 is 2.15 bits per heavy atom. The van der Waals surface area contributed by atoms with Gasteiger partial charge in [0.2, 0.25) is 0 Å². The van der Waals surface area contributed by atoms with Crippen molar-refractivity contribution < 1.29 is 0 Å². The van der Waals surface area contributed by atoms with E-state index in [0.29, 0.717) is 0 Å². The molecule has 1 aliphatic heterocycles. The third kappa shape index (κ3) is 2.29. The Labute approximate surface area is 155 Å². The van der Waals surface area contributed by atoms with Gasteiger partial charge in [0.15, 0.2) is 5.65 Å². The molecule has 1 aromatic carbocycles. The second-order valence-corrected chi connectivity index (χ2v) is 7.31. The molecule has 26 heavy (non-hydrogen) atoms. The highest BCUT2D eigenvalue weighted by molar-refractivity contribution is 6.31. The van der Waals surface area contributed by atoms with Crippen molar-refractivity contribution in [1.82, 2.24) is 24.7 Å². The normalized spacial score (nSPS) is 17.7. The first-order valence-electron chi connectivity index (χ1n) is 8.82. The summed E-state index contributed by atoms with van der Waals surface area (Å²) in [6.07, 6.45) is 4.06. The molecule has 1 unspecified atom stereocenters. The summed E-state index contributed by atoms with van der Waals surface area (Å²) in [7, 11) is 1.94. The zero-order valence-electron chi connectivity index (χ0n) is 14.7. The fourth-order valence-electron chi connectivity index (χ4n) is 4.09. The first-order chi connectivity index (χ1) is 12.6. The third-order valence-corrected chi connectivity index (χ3v) is 5.45. The molecule has 7 heteroatoms. The summed E-state index contributed by atoms with van der Waals surface area (Å²) < 4.78 is 1.85. The Balaban J connectivity index is 1.63. The van der Waals surface area contributed by atoms with Gasteiger partial charge in [-0.3, -0.25) is 4.68 Å². The maximum Gasteiger partial charge on any atom is 0.159 e. The number of hydrogen-bond acceptors (Lipinski definition) is 4. The van der Waals surface area contributed by atoms with Crippen molar-refractivity contribution in [2.75, 3.05) is 11.4 Å². The Morgan fingerprint density at radius 1 is 1.27 bits per heavy atom. The molecule has 1 N–H and O–H groups in total. The van der Waals surface area contributed by atoms with Crippen LogP contribution in [0.1, 0.15) is 30.4 Å². The van der Waals surface area contributed by atoms with E-state index in [-0.39, 0.29) is 6.04 Å². The molecule has 1 saturated heterocycles. The highest BCUT2D eigenvalue weighted by Gasteiger charge is 2.30. The average molecular weight is 367 g/mol. The largest absolute Gasteiger partial charge is 0.361 e. The number of imidazole rings is 1. The second-order valence-electron chi connectivity index (χ2n) is 6.87. The molecule has 1 atom stereocenters. The molecule has 5 rings (SSSR count). The van der Waals surface area contributed by atoms with Crippen LogP contribution in [0.3, 0.4) is 0 Å². The lowest BCUT2D eigenvalue weighted by atomic mass is 10.1. The number of pyridine rings is 1. The summed E-state index contributed by atoms with van der Waals surface area (Å²) in [5.41, 5.74) is 5.04. The molecule has 3 aromatic heterocycles. The molecule has 1 aliphatic rings. The van der Waals surface area contributed by atoms with Crippen LogP contribution in [0.25, 0.3) is 22.1 Å². The molecule has 4 aromatic rings. The van der Waals surface area contributed by atoms with E-state index in [9.17, 15) is 0 Å². The predicted octanol–water partition coefficient (Wildman–Crippen LogP) is 4.15. The maximum atomic E-state index is 6.12. The van der Waals surface area contributed by atoms with E-state index in [1.54, 1.807) is 0 Å². The standard InChI is InChI=1S/C19H19ClN6/c1-11-17-15(7-8-21-19(17)25(2)24-11)26-9-3-4-16(26)18-22-13-6-5-12(20)10-14(13)23-18/h5-8,10,16H,3-4,9H2,1-2H3,(H,22,23). The van der Waals surface area contributed by atoms with E-state index in [0.717, 1.165) is 58.0 Å². The minimum Gasteiger partial charge on any atom is -0.361 e. The summed E-state index contributed by atoms with van der Waals surface area (Å²) in [6, 6.07) is 8.09. The number of H-pyrrole nitrogens is 1. The zero-order chi connectivity index (χ0) is 17.8. The number of aryl methyl sites for hydroxylation is 2. The minimum absolute atomic E-state index is 0.214. The van der Waals surface area contributed by atoms with Crippen molar-refractivity contribution in [3.8, 4) is 0 Å². The monoisotopic (exact) mass is 366 g/mol. The van der Waals surface area contributed by atoms with Crippen LogP contribution in [0.5, 0.6) is 0 Å². The van der Waals surface area contributed by atoms with E-state index in [1.165, 1.54) is 5.69 Å². The van der Waals surface area contributed by atoms with Gasteiger partial charge < -0.3 is 9.88 Å². The second kappa shape index (κ2) is 5.71. The Kier molecular flexibility index (Phi) is 3.43. The number of rotatable bonds is 2. The number of aromatic nitrogens is 5. The number of nitrogens with zero attached hydrogens (tertiary/aromatic N) is 5. The summed E-state index contributed by atoms with van der Waals surface area (Å²) in [5.74, 6) is 0.992. The van der Waals surface area contributed by atoms with Gasteiger partial charge >= 0.3 is 0 Å². The first kappa shape index (κ1) is 15.6. The van der Waals surface area contributed by atoms with Gasteiger partial charge in [-0.2, -0.15) is 5.10 Å². The van der Waals surface area contributed by atoms with Gasteiger partial charge in [0.05, 0.1) is 33.8 Å². The van der Waals surface area contributed by atoms with Crippen molar-refractivity contribution in [2.24, 2.45) is 7.05 Å². The van der Waals surface area contributed by atoms with Gasteiger partial charge in [0.25, 0.3) is 0 Å². The number of benzene rings is 1. The summed E-state index contributed by atoms with van der Waals surface area (Å²) >= 11 is 6.12. The molecule has 0 bridgehead atoms. The van der Waals surface area contributed by atoms with Gasteiger partial charge in [-0.1, -0.05) is 11.6 Å². The molecule has 0 spiro atoms. The van der Waals surface area contributed by atoms with E-state index >= 15 is 0 Å². The molecular weight excluding hydrogens is 348 g/mol. The number of anilines is 1. The van der Waals surface area contributed by atoms with Crippen molar-refractivity contribution in [3.05, 3.63) is 47.0 Å². The molecule has 4 heterocycles. The van der Waals surface area contributed by atoms with Gasteiger partial charge in [-0.05, 0) is 44.0 Å². The van der Waals surface area contributed by atoms with Crippen LogP contribution in [0.15, 0.2) is 30.5 Å². The van der Waals surface area contributed by atoms with E-state index in [4.69, 9.17) is 16.6 Å². The smallest absolute Gasteiger partial charge is 0.159 e. The highest BCUT2D eigenvalue weighted by atomic mass is 35.5. The highest BCUT2D eigenvalue weighted by Crippen LogP contribution is 2.39. The van der Waals surface area contributed by atoms with E-state index < -0.39 is 0 Å². The Hall–Kier alpha value is -2.60. The van der Waals surface area contributed by atoms with Crippen molar-refractivity contribution in [1.29, 1.82) is 0 Å². The number of nitrogens with one attached hydrogen (secondary N) is 1. The number of hydrogen-bond donors (Lipinski definition) is 1. The van der Waals surface area contributed by atoms with Gasteiger partial charge in [0, 0.05) is 24.8 Å². The van der Waals surface area contributed by atoms with Crippen molar-refractivity contribution in [2.45, 2.75) is 25.8 Å². The maximum absolute atomic E-state index is 6.12. The quantitative estimate of drug-likeness (QED) is 0.579. The van der Waals surface area contributed by atoms with Crippen LogP contribution in [-0.4, -0.2) is 31.3 Å². The summed E-state index contributed by atoms with van der Waals surface area (Å²) in [6.45, 7) is 3.04. The molecular formula is C19H19ClN6. The molecule has 0 aliphatic carbocycles. The zero-order valence-corrected chi connectivity index (χ0v) is 15.5. The Morgan fingerprint density at radius 3 is 3.04 bits per heavy atom. The van der Waals surface area contributed by atoms with Crippen LogP contribution in [0.2, 0.25) is 5.02 Å². The van der Waals surface area contributed by atoms with Crippen molar-refractivity contribution in [3.63, 3.8) is 0 Å². The van der Waals surface area contributed by atoms with E-state index in [1.807, 2.05) is 43.0 Å². The van der Waals surface area contributed by atoms with Gasteiger partial charge in [0.1, 0.15) is 5.82 Å². The fraction of sp³-hybridized carbons (Fsp3) is 0.316. The number of fused-ring (bicyclic) bond motifs is 2. The molecule has 6 nitrogen and oxygen atoms in total. The first-order valence-corrected chi connectivity index (χ1v) is 9.20. The molecule has 0 amide bonds. The molecule has 0 radical (unpaired) electrons. The Bertz CT molecular complexity index is 1130. The molecule has 0 saturated carbocycles. The van der Waals surface area contributed by atoms with Crippen LogP contribution in [-0.2, 0) is 7.05 Å². The van der Waals surface area contributed by atoms with Gasteiger partial charge in [-0.15, -0.1) is 0 Å². The predicted molar refractivity (Wildman–Crippen MR) is 104 cm³/mol. The summed E-state index contributed by atoms with van der Waals surface area (Å²) in [5, 5.41) is 6.40. The van der Waals surface area contributed by atoms with Crippen molar-refractivity contribution >= 4 is 39.4 Å². The molecule has 132 valence electrons. The number of halogens is 1.